The van der Waals surface area contributed by atoms with Crippen LogP contribution in [0.4, 0.5) is 48.3 Å². The van der Waals surface area contributed by atoms with Crippen molar-refractivity contribution in [1.29, 1.82) is 0 Å². The van der Waals surface area contributed by atoms with Crippen LogP contribution in [0.2, 0.25) is 0 Å². The summed E-state index contributed by atoms with van der Waals surface area (Å²) in [7, 11) is 0. The molecule has 21 heavy (non-hydrogen) atoms. The average molecular weight is 340 g/mol. The molecule has 0 radical (unpaired) electrons. The minimum atomic E-state index is -7.32. The first-order valence-corrected chi connectivity index (χ1v) is 4.71. The van der Waals surface area contributed by atoms with Crippen molar-refractivity contribution < 1.29 is 58.2 Å². The Labute approximate surface area is 107 Å². The molecule has 0 saturated heterocycles. The van der Waals surface area contributed by atoms with Crippen molar-refractivity contribution in [3.8, 4) is 0 Å². The molecule has 0 unspecified atom stereocenters. The van der Waals surface area contributed by atoms with Crippen LogP contribution >= 0.6 is 0 Å². The highest BCUT2D eigenvalue weighted by Gasteiger charge is 3.01. The number of aliphatic carboxylic acids is 1. The van der Waals surface area contributed by atoms with Gasteiger partial charge in [0.2, 0.25) is 0 Å². The fraction of sp³-hybridized carbons (Fsp3) is 0.875. The second kappa shape index (κ2) is 3.91. The van der Waals surface area contributed by atoms with Crippen molar-refractivity contribution in [1.82, 2.24) is 0 Å². The van der Waals surface area contributed by atoms with Gasteiger partial charge in [-0.2, -0.15) is 43.9 Å². The standard InChI is InChI=1S/C8H3F11O2/c9-3(1-2(20)21)4(10,11)6(14,15)8(18,19)7(16,17)5(3,12)13/h1H2,(H,20,21). The van der Waals surface area contributed by atoms with Crippen LogP contribution in [0.3, 0.4) is 0 Å². The van der Waals surface area contributed by atoms with Gasteiger partial charge in [0.25, 0.3) is 5.67 Å². The molecule has 13 heteroatoms. The molecule has 1 rings (SSSR count). The van der Waals surface area contributed by atoms with Gasteiger partial charge < -0.3 is 5.11 Å². The molecule has 0 amide bonds. The fourth-order valence-electron chi connectivity index (χ4n) is 1.72. The van der Waals surface area contributed by atoms with Crippen molar-refractivity contribution in [2.45, 2.75) is 41.7 Å². The Balaban J connectivity index is 3.78. The van der Waals surface area contributed by atoms with E-state index in [1.807, 2.05) is 0 Å². The number of hydrogen-bond donors (Lipinski definition) is 1. The van der Waals surface area contributed by atoms with E-state index in [1.165, 1.54) is 0 Å². The maximum Gasteiger partial charge on any atom is 0.384 e. The third kappa shape index (κ3) is 1.57. The first kappa shape index (κ1) is 17.8. The topological polar surface area (TPSA) is 37.3 Å². The lowest BCUT2D eigenvalue weighted by molar-refractivity contribution is -0.484. The Morgan fingerprint density at radius 2 is 0.857 bits per heavy atom. The van der Waals surface area contributed by atoms with Crippen molar-refractivity contribution in [3.05, 3.63) is 0 Å². The molecule has 1 aliphatic rings. The molecule has 0 atom stereocenters. The Bertz CT molecular complexity index is 439. The van der Waals surface area contributed by atoms with Crippen molar-refractivity contribution in [2.75, 3.05) is 0 Å². The molecule has 0 aromatic rings. The van der Waals surface area contributed by atoms with E-state index in [2.05, 4.69) is 0 Å². The van der Waals surface area contributed by atoms with Crippen LogP contribution in [0.25, 0.3) is 0 Å². The second-order valence-electron chi connectivity index (χ2n) is 4.24. The monoisotopic (exact) mass is 340 g/mol. The largest absolute Gasteiger partial charge is 0.481 e. The quantitative estimate of drug-likeness (QED) is 0.783. The van der Waals surface area contributed by atoms with E-state index in [1.54, 1.807) is 0 Å². The summed E-state index contributed by atoms with van der Waals surface area (Å²) in [4.78, 5) is 10.0. The van der Waals surface area contributed by atoms with Gasteiger partial charge in [0.05, 0.1) is 6.42 Å². The molecule has 1 fully saturated rings. The first-order chi connectivity index (χ1) is 8.92. The Kier molecular flexibility index (Phi) is 3.31. The van der Waals surface area contributed by atoms with Gasteiger partial charge in [-0.3, -0.25) is 4.79 Å². The first-order valence-electron chi connectivity index (χ1n) is 4.71. The number of carboxylic acids is 1. The average Bonchev–Trinajstić information content (AvgIpc) is 2.25. The summed E-state index contributed by atoms with van der Waals surface area (Å²) in [5, 5.41) is 7.98. The zero-order valence-electron chi connectivity index (χ0n) is 9.22. The van der Waals surface area contributed by atoms with E-state index in [0.717, 1.165) is 0 Å². The fourth-order valence-corrected chi connectivity index (χ4v) is 1.72. The summed E-state index contributed by atoms with van der Waals surface area (Å²) in [6, 6.07) is 0. The maximum atomic E-state index is 13.5. The van der Waals surface area contributed by atoms with Gasteiger partial charge in [-0.05, 0) is 0 Å². The van der Waals surface area contributed by atoms with Crippen molar-refractivity contribution in [2.24, 2.45) is 0 Å². The number of rotatable bonds is 2. The zero-order valence-corrected chi connectivity index (χ0v) is 9.22. The molecular formula is C8H3F11O2. The van der Waals surface area contributed by atoms with Crippen LogP contribution in [0.5, 0.6) is 0 Å². The molecule has 0 aromatic carbocycles. The molecule has 124 valence electrons. The van der Waals surface area contributed by atoms with E-state index in [0.29, 0.717) is 0 Å². The van der Waals surface area contributed by atoms with Gasteiger partial charge in [0.1, 0.15) is 0 Å². The lowest BCUT2D eigenvalue weighted by atomic mass is 9.71. The van der Waals surface area contributed by atoms with E-state index in [-0.39, 0.29) is 0 Å². The number of carbonyl (C=O) groups is 1. The van der Waals surface area contributed by atoms with Crippen LogP contribution in [-0.4, -0.2) is 46.4 Å². The summed E-state index contributed by atoms with van der Waals surface area (Å²) in [6.45, 7) is 0. The van der Waals surface area contributed by atoms with Gasteiger partial charge in [-0.15, -0.1) is 0 Å². The molecule has 2 nitrogen and oxygen atoms in total. The van der Waals surface area contributed by atoms with Gasteiger partial charge >= 0.3 is 35.6 Å². The summed E-state index contributed by atoms with van der Waals surface area (Å²) in [6.07, 6.45) is -3.24. The van der Waals surface area contributed by atoms with E-state index in [4.69, 9.17) is 5.11 Å². The predicted octanol–water partition coefficient (Wildman–Crippen LogP) is 3.36. The number of alkyl halides is 11. The normalized spacial score (nSPS) is 30.6. The summed E-state index contributed by atoms with van der Waals surface area (Å²) in [5.41, 5.74) is -6.43. The van der Waals surface area contributed by atoms with Crippen LogP contribution in [0.15, 0.2) is 0 Å². The lowest BCUT2D eigenvalue weighted by Crippen LogP contribution is -2.83. The second-order valence-corrected chi connectivity index (χ2v) is 4.24. The van der Waals surface area contributed by atoms with Gasteiger partial charge in [0.15, 0.2) is 0 Å². The van der Waals surface area contributed by atoms with Gasteiger partial charge in [-0.25, -0.2) is 4.39 Å². The maximum absolute atomic E-state index is 13.5. The molecule has 1 N–H and O–H groups in total. The number of hydrogen-bond acceptors (Lipinski definition) is 1. The number of halogens is 11. The minimum Gasteiger partial charge on any atom is -0.481 e. The Morgan fingerprint density at radius 1 is 0.619 bits per heavy atom. The smallest absolute Gasteiger partial charge is 0.384 e. The van der Waals surface area contributed by atoms with Crippen LogP contribution in [0, 0.1) is 0 Å². The highest BCUT2D eigenvalue weighted by molar-refractivity contribution is 5.69. The molecule has 0 spiro atoms. The van der Waals surface area contributed by atoms with E-state index >= 15 is 0 Å². The molecule has 0 aliphatic heterocycles. The zero-order chi connectivity index (χ0) is 17.3. The van der Waals surface area contributed by atoms with Crippen LogP contribution in [0.1, 0.15) is 6.42 Å². The van der Waals surface area contributed by atoms with Crippen molar-refractivity contribution >= 4 is 5.97 Å². The summed E-state index contributed by atoms with van der Waals surface area (Å²) in [5.74, 6) is -38.9. The van der Waals surface area contributed by atoms with Crippen molar-refractivity contribution in [3.63, 3.8) is 0 Å². The molecule has 0 aromatic heterocycles. The van der Waals surface area contributed by atoms with E-state index in [9.17, 15) is 53.1 Å². The molecule has 1 aliphatic carbocycles. The molecular weight excluding hydrogens is 337 g/mol. The van der Waals surface area contributed by atoms with Crippen LogP contribution < -0.4 is 0 Å². The molecule has 0 bridgehead atoms. The third-order valence-electron chi connectivity index (χ3n) is 2.97. The SMILES string of the molecule is O=C(O)CC1(F)C(F)(F)C(F)(F)C(F)(F)C(F)(F)C1(F)F. The summed E-state index contributed by atoms with van der Waals surface area (Å²) >= 11 is 0. The predicted molar refractivity (Wildman–Crippen MR) is 40.8 cm³/mol. The highest BCUT2D eigenvalue weighted by Crippen LogP contribution is 2.70. The van der Waals surface area contributed by atoms with E-state index < -0.39 is 47.7 Å². The Hall–Kier alpha value is -1.30. The summed E-state index contributed by atoms with van der Waals surface area (Å²) < 4.78 is 142. The molecule has 0 heterocycles. The number of carboxylic acid groups (broad SMARTS) is 1. The lowest BCUT2D eigenvalue weighted by Gasteiger charge is -2.52. The van der Waals surface area contributed by atoms with Gasteiger partial charge in [0, 0.05) is 0 Å². The third-order valence-corrected chi connectivity index (χ3v) is 2.97. The van der Waals surface area contributed by atoms with Crippen LogP contribution in [-0.2, 0) is 4.79 Å². The van der Waals surface area contributed by atoms with Gasteiger partial charge in [-0.1, -0.05) is 0 Å². The minimum absolute atomic E-state index is 2.94. The molecule has 1 saturated carbocycles. The highest BCUT2D eigenvalue weighted by atomic mass is 19.4. The Morgan fingerprint density at radius 3 is 1.10 bits per heavy atom.